The Morgan fingerprint density at radius 2 is 2.06 bits per heavy atom. The number of hydrogen-bond donors (Lipinski definition) is 1. The summed E-state index contributed by atoms with van der Waals surface area (Å²) < 4.78 is 0.931. The van der Waals surface area contributed by atoms with Crippen molar-refractivity contribution in [1.29, 1.82) is 0 Å². The van der Waals surface area contributed by atoms with E-state index in [1.165, 1.54) is 10.5 Å². The highest BCUT2D eigenvalue weighted by molar-refractivity contribution is 9.10. The molecule has 1 aromatic heterocycles. The molecule has 4 heteroatoms. The number of hydrogen-bond acceptors (Lipinski definition) is 3. The fourth-order valence-corrected chi connectivity index (χ4v) is 2.75. The van der Waals surface area contributed by atoms with Gasteiger partial charge in [-0.15, -0.1) is 0 Å². The lowest BCUT2D eigenvalue weighted by Crippen LogP contribution is -1.89. The first kappa shape index (κ1) is 11.5. The second-order valence-electron chi connectivity index (χ2n) is 3.42. The molecule has 0 unspecified atom stereocenters. The highest BCUT2D eigenvalue weighted by Gasteiger charge is 2.05. The summed E-state index contributed by atoms with van der Waals surface area (Å²) in [4.78, 5) is 5.51. The highest BCUT2D eigenvalue weighted by atomic mass is 79.9. The zero-order valence-corrected chi connectivity index (χ0v) is 11.2. The van der Waals surface area contributed by atoms with Gasteiger partial charge in [0.15, 0.2) is 0 Å². The Bertz CT molecular complexity index is 514. The molecule has 0 saturated heterocycles. The van der Waals surface area contributed by atoms with Gasteiger partial charge in [0, 0.05) is 4.90 Å². The van der Waals surface area contributed by atoms with Gasteiger partial charge in [0.2, 0.25) is 0 Å². The van der Waals surface area contributed by atoms with Crippen LogP contribution in [0.4, 0.5) is 5.69 Å². The van der Waals surface area contributed by atoms with E-state index in [2.05, 4.69) is 40.0 Å². The van der Waals surface area contributed by atoms with Crippen molar-refractivity contribution in [3.8, 4) is 0 Å². The van der Waals surface area contributed by atoms with Crippen LogP contribution < -0.4 is 5.73 Å². The average molecular weight is 295 g/mol. The molecule has 2 nitrogen and oxygen atoms in total. The first-order valence-corrected chi connectivity index (χ1v) is 6.42. The van der Waals surface area contributed by atoms with Crippen LogP contribution in [0.25, 0.3) is 0 Å². The average Bonchev–Trinajstić information content (AvgIpc) is 2.25. The van der Waals surface area contributed by atoms with Crippen LogP contribution in [-0.2, 0) is 0 Å². The van der Waals surface area contributed by atoms with Crippen molar-refractivity contribution >= 4 is 33.4 Å². The molecule has 0 fully saturated rings. The smallest absolute Gasteiger partial charge is 0.115 e. The summed E-state index contributed by atoms with van der Waals surface area (Å²) in [7, 11) is 0. The van der Waals surface area contributed by atoms with Gasteiger partial charge in [0.05, 0.1) is 16.4 Å². The molecule has 1 aromatic carbocycles. The van der Waals surface area contributed by atoms with Gasteiger partial charge in [-0.2, -0.15) is 0 Å². The van der Waals surface area contributed by atoms with E-state index in [0.29, 0.717) is 5.69 Å². The van der Waals surface area contributed by atoms with Gasteiger partial charge < -0.3 is 5.73 Å². The molecular formula is C12H11BrN2S. The third-order valence-corrected chi connectivity index (χ3v) is 4.19. The molecule has 0 atom stereocenters. The number of halogens is 1. The zero-order valence-electron chi connectivity index (χ0n) is 8.77. The molecule has 16 heavy (non-hydrogen) atoms. The first-order chi connectivity index (χ1) is 7.66. The highest BCUT2D eigenvalue weighted by Crippen LogP contribution is 2.33. The van der Waals surface area contributed by atoms with Gasteiger partial charge >= 0.3 is 0 Å². The van der Waals surface area contributed by atoms with Crippen LogP contribution in [0.5, 0.6) is 0 Å². The number of pyridine rings is 1. The van der Waals surface area contributed by atoms with Crippen molar-refractivity contribution in [2.75, 3.05) is 5.73 Å². The number of benzene rings is 1. The lowest BCUT2D eigenvalue weighted by atomic mass is 10.2. The van der Waals surface area contributed by atoms with E-state index >= 15 is 0 Å². The van der Waals surface area contributed by atoms with Crippen molar-refractivity contribution in [3.05, 3.63) is 46.6 Å². The summed E-state index contributed by atoms with van der Waals surface area (Å²) in [6, 6.07) is 10.1. The second-order valence-corrected chi connectivity index (χ2v) is 5.31. The summed E-state index contributed by atoms with van der Waals surface area (Å²) in [5, 5.41) is 0.934. The molecule has 2 rings (SSSR count). The molecule has 0 aliphatic rings. The monoisotopic (exact) mass is 294 g/mol. The van der Waals surface area contributed by atoms with Gasteiger partial charge in [0.1, 0.15) is 5.03 Å². The molecule has 82 valence electrons. The van der Waals surface area contributed by atoms with E-state index in [0.717, 1.165) is 9.50 Å². The van der Waals surface area contributed by atoms with Crippen molar-refractivity contribution < 1.29 is 0 Å². The molecule has 0 aliphatic carbocycles. The van der Waals surface area contributed by atoms with Crippen LogP contribution >= 0.6 is 27.7 Å². The predicted molar refractivity (Wildman–Crippen MR) is 71.7 cm³/mol. The zero-order chi connectivity index (χ0) is 11.5. The minimum Gasteiger partial charge on any atom is -0.397 e. The topological polar surface area (TPSA) is 38.9 Å². The lowest BCUT2D eigenvalue weighted by molar-refractivity contribution is 1.11. The number of nitrogen functional groups attached to an aromatic ring is 1. The molecular weight excluding hydrogens is 284 g/mol. The number of nitrogens with two attached hydrogens (primary N) is 1. The van der Waals surface area contributed by atoms with Crippen molar-refractivity contribution in [1.82, 2.24) is 4.98 Å². The molecule has 0 saturated carbocycles. The minimum absolute atomic E-state index is 0.668. The van der Waals surface area contributed by atoms with Crippen LogP contribution in [0.3, 0.4) is 0 Å². The third kappa shape index (κ3) is 2.57. The number of anilines is 1. The molecule has 1 heterocycles. The maximum atomic E-state index is 5.65. The van der Waals surface area contributed by atoms with E-state index < -0.39 is 0 Å². The number of rotatable bonds is 2. The Kier molecular flexibility index (Phi) is 3.51. The summed E-state index contributed by atoms with van der Waals surface area (Å²) >= 11 is 5.10. The van der Waals surface area contributed by atoms with E-state index in [9.17, 15) is 0 Å². The molecule has 0 radical (unpaired) electrons. The van der Waals surface area contributed by atoms with Crippen LogP contribution in [0.15, 0.2) is 50.9 Å². The minimum atomic E-state index is 0.668. The van der Waals surface area contributed by atoms with Gasteiger partial charge in [-0.25, -0.2) is 4.98 Å². The standard InChI is InChI=1S/C12H11BrN2S/c1-8-4-2-3-5-11(8)16-12-10(13)6-9(14)7-15-12/h2-7H,14H2,1H3. The van der Waals surface area contributed by atoms with Crippen LogP contribution in [0, 0.1) is 6.92 Å². The second kappa shape index (κ2) is 4.89. The maximum absolute atomic E-state index is 5.65. The largest absolute Gasteiger partial charge is 0.397 e. The van der Waals surface area contributed by atoms with Gasteiger partial charge in [-0.05, 0) is 40.5 Å². The Balaban J connectivity index is 2.31. The number of aromatic nitrogens is 1. The quantitative estimate of drug-likeness (QED) is 0.913. The number of aryl methyl sites for hydroxylation is 1. The SMILES string of the molecule is Cc1ccccc1Sc1ncc(N)cc1Br. The van der Waals surface area contributed by atoms with Crippen molar-refractivity contribution in [2.24, 2.45) is 0 Å². The fourth-order valence-electron chi connectivity index (χ4n) is 1.29. The molecule has 0 spiro atoms. The molecule has 2 N–H and O–H groups in total. The summed E-state index contributed by atoms with van der Waals surface area (Å²) in [5.74, 6) is 0. The van der Waals surface area contributed by atoms with Crippen LogP contribution in [0.2, 0.25) is 0 Å². The van der Waals surface area contributed by atoms with E-state index in [4.69, 9.17) is 5.73 Å². The first-order valence-electron chi connectivity index (χ1n) is 4.81. The van der Waals surface area contributed by atoms with Crippen LogP contribution in [-0.4, -0.2) is 4.98 Å². The Hall–Kier alpha value is -1.00. The summed E-state index contributed by atoms with van der Waals surface area (Å²) in [6.45, 7) is 2.09. The summed E-state index contributed by atoms with van der Waals surface area (Å²) in [6.07, 6.45) is 1.67. The van der Waals surface area contributed by atoms with E-state index in [-0.39, 0.29) is 0 Å². The predicted octanol–water partition coefficient (Wildman–Crippen LogP) is 3.89. The van der Waals surface area contributed by atoms with Gasteiger partial charge in [-0.3, -0.25) is 0 Å². The fraction of sp³-hybridized carbons (Fsp3) is 0.0833. The molecule has 0 aliphatic heterocycles. The Morgan fingerprint density at radius 3 is 2.75 bits per heavy atom. The Labute approximate surface area is 107 Å². The molecule has 2 aromatic rings. The van der Waals surface area contributed by atoms with Crippen molar-refractivity contribution in [2.45, 2.75) is 16.8 Å². The normalized spacial score (nSPS) is 10.4. The van der Waals surface area contributed by atoms with Crippen LogP contribution in [0.1, 0.15) is 5.56 Å². The van der Waals surface area contributed by atoms with Gasteiger partial charge in [-0.1, -0.05) is 30.0 Å². The molecule has 0 amide bonds. The van der Waals surface area contributed by atoms with Gasteiger partial charge in [0.25, 0.3) is 0 Å². The number of nitrogens with zero attached hydrogens (tertiary/aromatic N) is 1. The maximum Gasteiger partial charge on any atom is 0.115 e. The van der Waals surface area contributed by atoms with E-state index in [1.54, 1.807) is 18.0 Å². The summed E-state index contributed by atoms with van der Waals surface area (Å²) in [5.41, 5.74) is 7.56. The van der Waals surface area contributed by atoms with Crippen molar-refractivity contribution in [3.63, 3.8) is 0 Å². The Morgan fingerprint density at radius 1 is 1.31 bits per heavy atom. The lowest BCUT2D eigenvalue weighted by Gasteiger charge is -2.06. The third-order valence-electron chi connectivity index (χ3n) is 2.13. The molecule has 0 bridgehead atoms. The van der Waals surface area contributed by atoms with E-state index in [1.807, 2.05) is 18.2 Å².